The molecule has 2 heteroatoms. The summed E-state index contributed by atoms with van der Waals surface area (Å²) in [5, 5.41) is 3.30. The number of nitrogens with one attached hydrogen (secondary N) is 1. The van der Waals surface area contributed by atoms with E-state index in [-0.39, 0.29) is 5.41 Å². The lowest BCUT2D eigenvalue weighted by Crippen LogP contribution is -2.33. The van der Waals surface area contributed by atoms with E-state index in [1.807, 2.05) is 0 Å². The van der Waals surface area contributed by atoms with Crippen LogP contribution in [0.4, 0.5) is 0 Å². The summed E-state index contributed by atoms with van der Waals surface area (Å²) in [5.74, 6) is 0.730. The Morgan fingerprint density at radius 1 is 1.27 bits per heavy atom. The largest absolute Gasteiger partial charge is 0.307 e. The van der Waals surface area contributed by atoms with Crippen LogP contribution in [0.25, 0.3) is 0 Å². The lowest BCUT2D eigenvalue weighted by molar-refractivity contribution is 0.487. The second kappa shape index (κ2) is 5.04. The first kappa shape index (κ1) is 12.6. The molecule has 0 radical (unpaired) electrons. The van der Waals surface area contributed by atoms with Crippen molar-refractivity contribution in [2.24, 2.45) is 0 Å². The molecule has 15 heavy (non-hydrogen) atoms. The zero-order valence-electron chi connectivity index (χ0n) is 10.1. The summed E-state index contributed by atoms with van der Waals surface area (Å²) in [4.78, 5) is 0. The summed E-state index contributed by atoms with van der Waals surface area (Å²) in [6.07, 6.45) is 0. The van der Waals surface area contributed by atoms with Crippen LogP contribution < -0.4 is 5.32 Å². The fourth-order valence-electron chi connectivity index (χ4n) is 1.93. The average Bonchev–Trinajstić information content (AvgIpc) is 2.18. The van der Waals surface area contributed by atoms with E-state index in [1.165, 1.54) is 16.7 Å². The van der Waals surface area contributed by atoms with Gasteiger partial charge in [0.1, 0.15) is 0 Å². The Bertz CT molecular complexity index is 331. The Balaban J connectivity index is 2.97. The molecule has 0 atom stereocenters. The molecule has 0 fully saturated rings. The zero-order valence-corrected chi connectivity index (χ0v) is 11.0. The maximum absolute atomic E-state index is 4.18. The highest BCUT2D eigenvalue weighted by Gasteiger charge is 2.21. The second-order valence-electron chi connectivity index (χ2n) is 4.79. The number of benzene rings is 1. The van der Waals surface area contributed by atoms with Crippen molar-refractivity contribution in [3.05, 3.63) is 34.9 Å². The van der Waals surface area contributed by atoms with Crippen LogP contribution in [0, 0.1) is 13.8 Å². The van der Waals surface area contributed by atoms with E-state index < -0.39 is 0 Å². The maximum Gasteiger partial charge on any atom is 0.0387 e. The Morgan fingerprint density at radius 3 is 2.53 bits per heavy atom. The number of rotatable bonds is 4. The van der Waals surface area contributed by atoms with Gasteiger partial charge in [-0.25, -0.2) is 0 Å². The van der Waals surface area contributed by atoms with Crippen molar-refractivity contribution in [1.29, 1.82) is 0 Å². The third kappa shape index (κ3) is 3.25. The second-order valence-corrected chi connectivity index (χ2v) is 5.10. The van der Waals surface area contributed by atoms with Crippen molar-refractivity contribution in [3.8, 4) is 0 Å². The van der Waals surface area contributed by atoms with Gasteiger partial charge in [0.15, 0.2) is 0 Å². The fourth-order valence-corrected chi connectivity index (χ4v) is 2.04. The SMILES string of the molecule is Cc1ccc(C)c(C(C)(C)CNCS)c1. The third-order valence-electron chi connectivity index (χ3n) is 2.80. The standard InChI is InChI=1S/C13H21NS/c1-10-5-6-11(2)12(7-10)13(3,4)8-14-9-15/h5-7,14-15H,8-9H2,1-4H3. The Labute approximate surface area is 98.7 Å². The van der Waals surface area contributed by atoms with Crippen LogP contribution in [0.3, 0.4) is 0 Å². The molecule has 0 amide bonds. The monoisotopic (exact) mass is 223 g/mol. The van der Waals surface area contributed by atoms with Crippen molar-refractivity contribution < 1.29 is 0 Å². The molecular weight excluding hydrogens is 202 g/mol. The molecule has 1 aromatic carbocycles. The lowest BCUT2D eigenvalue weighted by Gasteiger charge is -2.27. The average molecular weight is 223 g/mol. The van der Waals surface area contributed by atoms with Gasteiger partial charge in [0.2, 0.25) is 0 Å². The zero-order chi connectivity index (χ0) is 11.5. The third-order valence-corrected chi connectivity index (χ3v) is 3.02. The Morgan fingerprint density at radius 2 is 1.93 bits per heavy atom. The van der Waals surface area contributed by atoms with Crippen molar-refractivity contribution >= 4 is 12.6 Å². The van der Waals surface area contributed by atoms with Crippen LogP contribution in [0.2, 0.25) is 0 Å². The lowest BCUT2D eigenvalue weighted by atomic mass is 9.81. The first-order valence-electron chi connectivity index (χ1n) is 5.36. The normalized spacial score (nSPS) is 11.8. The van der Waals surface area contributed by atoms with E-state index in [1.54, 1.807) is 0 Å². The molecule has 0 aliphatic heterocycles. The molecule has 0 aliphatic rings. The van der Waals surface area contributed by atoms with Gasteiger partial charge in [-0.05, 0) is 25.0 Å². The fraction of sp³-hybridized carbons (Fsp3) is 0.538. The summed E-state index contributed by atoms with van der Waals surface area (Å²) < 4.78 is 0. The number of aryl methyl sites for hydroxylation is 2. The molecule has 0 saturated carbocycles. The first-order chi connectivity index (χ1) is 6.97. The Kier molecular flexibility index (Phi) is 4.23. The van der Waals surface area contributed by atoms with Crippen LogP contribution in [0.1, 0.15) is 30.5 Å². The predicted octanol–water partition coefficient (Wildman–Crippen LogP) is 3.06. The molecular formula is C13H21NS. The van der Waals surface area contributed by atoms with Crippen LogP contribution >= 0.6 is 12.6 Å². The van der Waals surface area contributed by atoms with Gasteiger partial charge in [0.25, 0.3) is 0 Å². The molecule has 0 unspecified atom stereocenters. The van der Waals surface area contributed by atoms with Crippen LogP contribution in [0.5, 0.6) is 0 Å². The molecule has 0 bridgehead atoms. The topological polar surface area (TPSA) is 12.0 Å². The minimum atomic E-state index is 0.166. The van der Waals surface area contributed by atoms with Gasteiger partial charge >= 0.3 is 0 Å². The summed E-state index contributed by atoms with van der Waals surface area (Å²) in [6, 6.07) is 6.66. The number of thiol groups is 1. The van der Waals surface area contributed by atoms with Crippen molar-refractivity contribution in [1.82, 2.24) is 5.32 Å². The van der Waals surface area contributed by atoms with Gasteiger partial charge in [-0.15, -0.1) is 0 Å². The first-order valence-corrected chi connectivity index (χ1v) is 6.00. The van der Waals surface area contributed by atoms with Crippen LogP contribution in [-0.2, 0) is 5.41 Å². The molecule has 1 nitrogen and oxygen atoms in total. The van der Waals surface area contributed by atoms with E-state index in [2.05, 4.69) is 63.8 Å². The molecule has 1 rings (SSSR count). The molecule has 0 heterocycles. The molecule has 0 aliphatic carbocycles. The minimum absolute atomic E-state index is 0.166. The van der Waals surface area contributed by atoms with Gasteiger partial charge < -0.3 is 5.32 Å². The summed E-state index contributed by atoms with van der Waals surface area (Å²) in [6.45, 7) is 9.82. The van der Waals surface area contributed by atoms with Gasteiger partial charge in [-0.3, -0.25) is 0 Å². The van der Waals surface area contributed by atoms with Crippen LogP contribution in [0.15, 0.2) is 18.2 Å². The molecule has 0 aromatic heterocycles. The minimum Gasteiger partial charge on any atom is -0.307 e. The summed E-state index contributed by atoms with van der Waals surface area (Å²) >= 11 is 4.18. The van der Waals surface area contributed by atoms with Gasteiger partial charge in [-0.1, -0.05) is 37.6 Å². The van der Waals surface area contributed by atoms with Crippen molar-refractivity contribution in [2.45, 2.75) is 33.1 Å². The van der Waals surface area contributed by atoms with Crippen molar-refractivity contribution in [3.63, 3.8) is 0 Å². The van der Waals surface area contributed by atoms with E-state index in [4.69, 9.17) is 0 Å². The number of hydrogen-bond donors (Lipinski definition) is 2. The predicted molar refractivity (Wildman–Crippen MR) is 70.8 cm³/mol. The summed E-state index contributed by atoms with van der Waals surface area (Å²) in [7, 11) is 0. The highest BCUT2D eigenvalue weighted by Crippen LogP contribution is 2.26. The van der Waals surface area contributed by atoms with E-state index >= 15 is 0 Å². The Hall–Kier alpha value is -0.470. The summed E-state index contributed by atoms with van der Waals surface area (Å²) in [5.41, 5.74) is 4.29. The van der Waals surface area contributed by atoms with Gasteiger partial charge in [-0.2, -0.15) is 12.6 Å². The van der Waals surface area contributed by atoms with E-state index in [0.717, 1.165) is 12.4 Å². The molecule has 1 N–H and O–H groups in total. The van der Waals surface area contributed by atoms with E-state index in [9.17, 15) is 0 Å². The molecule has 0 spiro atoms. The highest BCUT2D eigenvalue weighted by molar-refractivity contribution is 7.80. The molecule has 1 aromatic rings. The van der Waals surface area contributed by atoms with Gasteiger partial charge in [0.05, 0.1) is 0 Å². The molecule has 0 saturated heterocycles. The van der Waals surface area contributed by atoms with Crippen molar-refractivity contribution in [2.75, 3.05) is 12.4 Å². The molecule has 84 valence electrons. The van der Waals surface area contributed by atoms with Crippen LogP contribution in [-0.4, -0.2) is 12.4 Å². The maximum atomic E-state index is 4.18. The quantitative estimate of drug-likeness (QED) is 0.590. The van der Waals surface area contributed by atoms with Gasteiger partial charge in [0, 0.05) is 17.8 Å². The highest BCUT2D eigenvalue weighted by atomic mass is 32.1. The number of hydrogen-bond acceptors (Lipinski definition) is 2. The smallest absolute Gasteiger partial charge is 0.0387 e. The van der Waals surface area contributed by atoms with E-state index in [0.29, 0.717) is 0 Å².